The highest BCUT2D eigenvalue weighted by Crippen LogP contribution is 2.26. The molecule has 3 heterocycles. The van der Waals surface area contributed by atoms with Gasteiger partial charge in [0.2, 0.25) is 0 Å². The first-order valence-corrected chi connectivity index (χ1v) is 12.1. The van der Waals surface area contributed by atoms with Crippen molar-refractivity contribution in [3.8, 4) is 11.4 Å². The molecular weight excluding hydrogens is 463 g/mol. The van der Waals surface area contributed by atoms with Gasteiger partial charge in [-0.25, -0.2) is 14.0 Å². The Morgan fingerprint density at radius 1 is 1.21 bits per heavy atom. The number of amides is 2. The average Bonchev–Trinajstić information content (AvgIpc) is 3.25. The number of thioether (sulfide) groups is 1. The highest BCUT2D eigenvalue weighted by Gasteiger charge is 2.25. The van der Waals surface area contributed by atoms with E-state index in [-0.39, 0.29) is 25.0 Å². The highest BCUT2D eigenvalue weighted by atomic mass is 32.2. The number of rotatable bonds is 9. The van der Waals surface area contributed by atoms with Crippen molar-refractivity contribution in [2.45, 2.75) is 18.6 Å². The molecule has 34 heavy (non-hydrogen) atoms. The number of ether oxygens (including phenoxy) is 2. The second-order valence-electron chi connectivity index (χ2n) is 7.69. The lowest BCUT2D eigenvalue weighted by atomic mass is 10.2. The van der Waals surface area contributed by atoms with E-state index in [1.54, 1.807) is 19.1 Å². The molecule has 0 radical (unpaired) electrons. The van der Waals surface area contributed by atoms with Crippen LogP contribution >= 0.6 is 11.8 Å². The molecule has 2 aromatic rings. The highest BCUT2D eigenvalue weighted by molar-refractivity contribution is 7.99. The molecule has 1 fully saturated rings. The van der Waals surface area contributed by atoms with E-state index in [2.05, 4.69) is 25.7 Å². The van der Waals surface area contributed by atoms with E-state index in [0.29, 0.717) is 47.8 Å². The van der Waals surface area contributed by atoms with Crippen LogP contribution < -0.4 is 10.6 Å². The van der Waals surface area contributed by atoms with E-state index < -0.39 is 5.97 Å². The van der Waals surface area contributed by atoms with E-state index >= 15 is 0 Å². The molecule has 10 nitrogen and oxygen atoms in total. The number of urea groups is 1. The summed E-state index contributed by atoms with van der Waals surface area (Å²) in [5.41, 5.74) is 1.62. The third-order valence-corrected chi connectivity index (χ3v) is 6.48. The maximum absolute atomic E-state index is 13.5. The maximum atomic E-state index is 13.5. The number of nitrogens with one attached hydrogen (secondary N) is 2. The molecule has 0 bridgehead atoms. The minimum absolute atomic E-state index is 0.102. The number of morpholine rings is 1. The zero-order valence-electron chi connectivity index (χ0n) is 18.9. The van der Waals surface area contributed by atoms with Gasteiger partial charge in [-0.05, 0) is 31.2 Å². The van der Waals surface area contributed by atoms with Gasteiger partial charge in [-0.15, -0.1) is 10.2 Å². The molecule has 0 atom stereocenters. The smallest absolute Gasteiger partial charge is 0.337 e. The van der Waals surface area contributed by atoms with Gasteiger partial charge in [0, 0.05) is 43.2 Å². The van der Waals surface area contributed by atoms with Gasteiger partial charge in [0.25, 0.3) is 0 Å². The lowest BCUT2D eigenvalue weighted by Crippen LogP contribution is -2.44. The Morgan fingerprint density at radius 2 is 1.97 bits per heavy atom. The first-order valence-electron chi connectivity index (χ1n) is 11.1. The molecule has 1 aromatic carbocycles. The molecule has 2 N–H and O–H groups in total. The number of halogens is 1. The van der Waals surface area contributed by atoms with Crippen molar-refractivity contribution in [2.75, 3.05) is 51.8 Å². The Labute approximate surface area is 200 Å². The molecule has 0 spiro atoms. The fraction of sp³-hybridized carbons (Fsp3) is 0.455. The van der Waals surface area contributed by atoms with Crippen molar-refractivity contribution in [3.05, 3.63) is 41.4 Å². The Hall–Kier alpha value is -2.96. The number of aromatic nitrogens is 3. The van der Waals surface area contributed by atoms with Gasteiger partial charge >= 0.3 is 12.0 Å². The van der Waals surface area contributed by atoms with Crippen molar-refractivity contribution < 1.29 is 23.5 Å². The summed E-state index contributed by atoms with van der Waals surface area (Å²) >= 11 is 1.36. The molecule has 1 aromatic heterocycles. The molecule has 2 aliphatic rings. The molecule has 4 rings (SSSR count). The second kappa shape index (κ2) is 11.4. The van der Waals surface area contributed by atoms with Gasteiger partial charge in [-0.1, -0.05) is 11.8 Å². The second-order valence-corrected chi connectivity index (χ2v) is 8.64. The van der Waals surface area contributed by atoms with Gasteiger partial charge < -0.3 is 24.7 Å². The number of hydrogen-bond acceptors (Lipinski definition) is 8. The average molecular weight is 491 g/mol. The summed E-state index contributed by atoms with van der Waals surface area (Å²) in [4.78, 5) is 26.5. The van der Waals surface area contributed by atoms with Crippen LogP contribution in [0, 0.1) is 5.82 Å². The van der Waals surface area contributed by atoms with Crippen LogP contribution in [-0.2, 0) is 20.8 Å². The van der Waals surface area contributed by atoms with Crippen molar-refractivity contribution in [3.63, 3.8) is 0 Å². The monoisotopic (exact) mass is 490 g/mol. The fourth-order valence-electron chi connectivity index (χ4n) is 3.68. The molecule has 0 unspecified atom stereocenters. The Morgan fingerprint density at radius 3 is 2.71 bits per heavy atom. The minimum atomic E-state index is -0.466. The standard InChI is InChI=1S/C22H27FN6O4S/c1-2-33-20(30)17-13-24-21(31)25-18(17)14-34-22-27-26-19(15-3-5-16(23)6-4-15)29(22)8-7-28-9-11-32-12-10-28/h3-6H,2,7-14H2,1H3,(H2,24,25,31). The summed E-state index contributed by atoms with van der Waals surface area (Å²) in [6, 6.07) is 5.76. The van der Waals surface area contributed by atoms with Crippen LogP contribution in [0.4, 0.5) is 9.18 Å². The number of carbonyl (C=O) groups excluding carboxylic acids is 2. The Balaban J connectivity index is 1.56. The first kappa shape index (κ1) is 24.2. The van der Waals surface area contributed by atoms with Crippen LogP contribution in [0.2, 0.25) is 0 Å². The van der Waals surface area contributed by atoms with Gasteiger partial charge in [-0.2, -0.15) is 0 Å². The molecule has 182 valence electrons. The number of esters is 1. The fourth-order valence-corrected chi connectivity index (χ4v) is 4.63. The number of carbonyl (C=O) groups is 2. The molecule has 2 amide bonds. The number of benzene rings is 1. The van der Waals surface area contributed by atoms with Crippen LogP contribution in [-0.4, -0.2) is 83.4 Å². The van der Waals surface area contributed by atoms with Gasteiger partial charge in [-0.3, -0.25) is 4.90 Å². The molecule has 2 aliphatic heterocycles. The molecule has 0 saturated carbocycles. The summed E-state index contributed by atoms with van der Waals surface area (Å²) < 4.78 is 26.0. The topological polar surface area (TPSA) is 111 Å². The number of hydrogen-bond donors (Lipinski definition) is 2. The summed E-state index contributed by atoms with van der Waals surface area (Å²) in [6.07, 6.45) is 0. The van der Waals surface area contributed by atoms with Crippen molar-refractivity contribution >= 4 is 23.8 Å². The van der Waals surface area contributed by atoms with E-state index in [1.165, 1.54) is 23.9 Å². The Kier molecular flexibility index (Phi) is 8.14. The van der Waals surface area contributed by atoms with E-state index in [0.717, 1.165) is 25.2 Å². The van der Waals surface area contributed by atoms with Crippen molar-refractivity contribution in [2.24, 2.45) is 0 Å². The lowest BCUT2D eigenvalue weighted by Gasteiger charge is -2.27. The third-order valence-electron chi connectivity index (χ3n) is 5.48. The van der Waals surface area contributed by atoms with Gasteiger partial charge in [0.1, 0.15) is 5.82 Å². The minimum Gasteiger partial charge on any atom is -0.463 e. The summed E-state index contributed by atoms with van der Waals surface area (Å²) in [5, 5.41) is 14.7. The van der Waals surface area contributed by atoms with Gasteiger partial charge in [0.05, 0.1) is 31.9 Å². The predicted octanol–water partition coefficient (Wildman–Crippen LogP) is 1.64. The Bertz CT molecular complexity index is 1050. The molecule has 1 saturated heterocycles. The summed E-state index contributed by atoms with van der Waals surface area (Å²) in [7, 11) is 0. The molecule has 12 heteroatoms. The van der Waals surface area contributed by atoms with Gasteiger partial charge in [0.15, 0.2) is 11.0 Å². The van der Waals surface area contributed by atoms with Crippen LogP contribution in [0.15, 0.2) is 40.7 Å². The molecular formula is C22H27FN6O4S. The van der Waals surface area contributed by atoms with Crippen LogP contribution in [0.5, 0.6) is 0 Å². The predicted molar refractivity (Wildman–Crippen MR) is 124 cm³/mol. The largest absolute Gasteiger partial charge is 0.463 e. The SMILES string of the molecule is CCOC(=O)C1=C(CSc2nnc(-c3ccc(F)cc3)n2CCN2CCOCC2)NC(=O)NC1. The zero-order valence-corrected chi connectivity index (χ0v) is 19.7. The molecule has 0 aliphatic carbocycles. The first-order chi connectivity index (χ1) is 16.5. The van der Waals surface area contributed by atoms with Crippen LogP contribution in [0.3, 0.4) is 0 Å². The van der Waals surface area contributed by atoms with Crippen molar-refractivity contribution in [1.82, 2.24) is 30.3 Å². The maximum Gasteiger partial charge on any atom is 0.337 e. The zero-order chi connectivity index (χ0) is 23.9. The summed E-state index contributed by atoms with van der Waals surface area (Å²) in [5.74, 6) is 0.148. The van der Waals surface area contributed by atoms with E-state index in [4.69, 9.17) is 9.47 Å². The quantitative estimate of drug-likeness (QED) is 0.403. The van der Waals surface area contributed by atoms with Crippen molar-refractivity contribution in [1.29, 1.82) is 0 Å². The number of nitrogens with zero attached hydrogens (tertiary/aromatic N) is 4. The third kappa shape index (κ3) is 5.93. The summed E-state index contributed by atoms with van der Waals surface area (Å²) in [6.45, 7) is 6.59. The lowest BCUT2D eigenvalue weighted by molar-refractivity contribution is -0.138. The van der Waals surface area contributed by atoms with Crippen LogP contribution in [0.25, 0.3) is 11.4 Å². The van der Waals surface area contributed by atoms with E-state index in [9.17, 15) is 14.0 Å². The van der Waals surface area contributed by atoms with Crippen LogP contribution in [0.1, 0.15) is 6.92 Å². The normalized spacial score (nSPS) is 16.8. The van der Waals surface area contributed by atoms with E-state index in [1.807, 2.05) is 4.57 Å².